The number of nitrogens with one attached hydrogen (secondary N) is 1. The van der Waals surface area contributed by atoms with Crippen molar-refractivity contribution in [3.05, 3.63) is 48.3 Å². The normalized spacial score (nSPS) is 19.9. The van der Waals surface area contributed by atoms with Gasteiger partial charge >= 0.3 is 13.0 Å². The minimum absolute atomic E-state index is 0.0233. The predicted molar refractivity (Wildman–Crippen MR) is 113 cm³/mol. The Morgan fingerprint density at radius 2 is 1.78 bits per heavy atom. The van der Waals surface area contributed by atoms with E-state index in [-0.39, 0.29) is 24.5 Å². The third-order valence-corrected chi connectivity index (χ3v) is 5.72. The lowest BCUT2D eigenvalue weighted by Crippen LogP contribution is -2.61. The van der Waals surface area contributed by atoms with Gasteiger partial charge in [-0.25, -0.2) is 18.7 Å². The van der Waals surface area contributed by atoms with Crippen molar-refractivity contribution in [1.82, 2.24) is 15.3 Å². The van der Waals surface area contributed by atoms with E-state index < -0.39 is 65.4 Å². The molecule has 3 rings (SSSR count). The molecule has 0 bridgehead atoms. The summed E-state index contributed by atoms with van der Waals surface area (Å²) in [5, 5.41) is 2.49. The van der Waals surface area contributed by atoms with E-state index in [4.69, 9.17) is 11.6 Å². The second kappa shape index (κ2) is 11.0. The van der Waals surface area contributed by atoms with Gasteiger partial charge in [0, 0.05) is 30.1 Å². The molecule has 1 saturated carbocycles. The minimum atomic E-state index is -5.16. The number of hydrogen-bond donors (Lipinski definition) is 1. The molecule has 16 heteroatoms. The van der Waals surface area contributed by atoms with Gasteiger partial charge in [0.15, 0.2) is 11.4 Å². The van der Waals surface area contributed by atoms with Crippen LogP contribution in [0, 0.1) is 5.82 Å². The molecule has 0 aliphatic heterocycles. The highest BCUT2D eigenvalue weighted by Gasteiger charge is 2.49. The van der Waals surface area contributed by atoms with Crippen molar-refractivity contribution in [1.29, 1.82) is 0 Å². The summed E-state index contributed by atoms with van der Waals surface area (Å²) in [6, 6.07) is 0.884. The molecule has 1 fully saturated rings. The molecule has 202 valence electrons. The van der Waals surface area contributed by atoms with Crippen LogP contribution >= 0.6 is 11.6 Å². The van der Waals surface area contributed by atoms with E-state index in [1.165, 1.54) is 0 Å². The van der Waals surface area contributed by atoms with Crippen LogP contribution < -0.4 is 15.0 Å². The molecule has 2 aromatic rings. The number of anilines is 1. The number of alkyl halides is 7. The first kappa shape index (κ1) is 28.4. The fourth-order valence-corrected chi connectivity index (χ4v) is 3.82. The van der Waals surface area contributed by atoms with E-state index in [0.717, 1.165) is 25.6 Å². The number of amides is 2. The molecule has 2 atom stereocenters. The first-order valence-corrected chi connectivity index (χ1v) is 10.8. The summed E-state index contributed by atoms with van der Waals surface area (Å²) < 4.78 is 99.6. The Morgan fingerprint density at radius 3 is 2.30 bits per heavy atom. The molecule has 2 amide bonds. The van der Waals surface area contributed by atoms with Gasteiger partial charge < -0.3 is 14.8 Å². The maximum atomic E-state index is 15.1. The van der Waals surface area contributed by atoms with Gasteiger partial charge in [0.2, 0.25) is 0 Å². The highest BCUT2D eigenvalue weighted by atomic mass is 35.5. The van der Waals surface area contributed by atoms with Crippen molar-refractivity contribution in [2.45, 2.75) is 56.1 Å². The Kier molecular flexibility index (Phi) is 8.47. The van der Waals surface area contributed by atoms with E-state index in [0.29, 0.717) is 17.0 Å². The summed E-state index contributed by atoms with van der Waals surface area (Å²) in [6.45, 7) is -1.96. The monoisotopic (exact) mass is 558 g/mol. The largest absolute Gasteiger partial charge is 0.573 e. The lowest BCUT2D eigenvalue weighted by Gasteiger charge is -2.43. The van der Waals surface area contributed by atoms with Gasteiger partial charge in [-0.05, 0) is 31.9 Å². The maximum Gasteiger partial charge on any atom is 0.573 e. The van der Waals surface area contributed by atoms with E-state index in [1.54, 1.807) is 0 Å². The highest BCUT2D eigenvalue weighted by molar-refractivity contribution is 6.32. The molecular weight excluding hydrogens is 541 g/mol. The fourth-order valence-electron chi connectivity index (χ4n) is 3.72. The number of hydrogen-bond acceptors (Lipinski definition) is 6. The fraction of sp³-hybridized carbons (Fsp3) is 0.429. The van der Waals surface area contributed by atoms with Crippen LogP contribution in [0.1, 0.15) is 25.3 Å². The smallest absolute Gasteiger partial charge is 0.406 e. The van der Waals surface area contributed by atoms with Crippen molar-refractivity contribution in [3.63, 3.8) is 0 Å². The lowest BCUT2D eigenvalue weighted by atomic mass is 9.85. The van der Waals surface area contributed by atoms with Crippen molar-refractivity contribution < 1.29 is 49.8 Å². The molecule has 0 unspecified atom stereocenters. The van der Waals surface area contributed by atoms with Gasteiger partial charge in [-0.15, -0.1) is 13.2 Å². The molecule has 8 nitrogen and oxygen atoms in total. The van der Waals surface area contributed by atoms with Crippen LogP contribution in [0.2, 0.25) is 0 Å². The van der Waals surface area contributed by atoms with Crippen molar-refractivity contribution in [2.75, 3.05) is 4.90 Å². The number of carbonyl (C=O) groups excluding carboxylic acids is 2. The minimum Gasteiger partial charge on any atom is -0.406 e. The first-order chi connectivity index (χ1) is 17.2. The number of ether oxygens (including phenoxy) is 2. The summed E-state index contributed by atoms with van der Waals surface area (Å²) in [6.07, 6.45) is -2.86. The van der Waals surface area contributed by atoms with Crippen LogP contribution in [0.5, 0.6) is 5.75 Å². The topological polar surface area (TPSA) is 93.6 Å². The van der Waals surface area contributed by atoms with Crippen molar-refractivity contribution >= 4 is 29.1 Å². The van der Waals surface area contributed by atoms with Crippen LogP contribution in [0.3, 0.4) is 0 Å². The SMILES string of the molecule is C[C@@](C(=O)NC1CC(OC(F)F)C1)(c1cncnc1)N(C(=O)[C@H](F)Cl)c1ccc(OC(F)(F)F)cc1F. The zero-order chi connectivity index (χ0) is 27.5. The average Bonchev–Trinajstić information content (AvgIpc) is 2.77. The number of nitrogens with zero attached hydrogens (tertiary/aromatic N) is 3. The Bertz CT molecular complexity index is 1120. The van der Waals surface area contributed by atoms with Gasteiger partial charge in [0.1, 0.15) is 12.1 Å². The second-order valence-corrected chi connectivity index (χ2v) is 8.38. The molecule has 1 aromatic carbocycles. The molecule has 37 heavy (non-hydrogen) atoms. The quantitative estimate of drug-likeness (QED) is 0.367. The van der Waals surface area contributed by atoms with Crippen molar-refractivity contribution in [3.8, 4) is 5.75 Å². The van der Waals surface area contributed by atoms with Gasteiger partial charge in [-0.3, -0.25) is 14.5 Å². The molecule has 1 N–H and O–H groups in total. The molecule has 1 heterocycles. The summed E-state index contributed by atoms with van der Waals surface area (Å²) in [5.41, 5.74) is -6.11. The van der Waals surface area contributed by atoms with Gasteiger partial charge in [-0.2, -0.15) is 8.78 Å². The van der Waals surface area contributed by atoms with Crippen LogP contribution in [0.15, 0.2) is 36.9 Å². The summed E-state index contributed by atoms with van der Waals surface area (Å²) in [5.74, 6) is -5.16. The summed E-state index contributed by atoms with van der Waals surface area (Å²) >= 11 is 5.35. The molecule has 0 radical (unpaired) electrons. The lowest BCUT2D eigenvalue weighted by molar-refractivity contribution is -0.274. The summed E-state index contributed by atoms with van der Waals surface area (Å²) in [4.78, 5) is 34.2. The molecule has 1 aromatic heterocycles. The third kappa shape index (κ3) is 6.57. The Hall–Kier alpha value is -3.20. The highest BCUT2D eigenvalue weighted by Crippen LogP contribution is 2.38. The standard InChI is InChI=1S/C21H18ClF7N4O4/c1-20(10-7-30-9-31-8-10,18(35)32-11-4-13(5-11)36-19(25)26)33(17(34)16(22)24)15-3-2-12(6-14(15)23)37-21(27,28)29/h2-3,6-9,11,13,16,19H,4-5H2,1H3,(H,32,35)/t11?,13?,16-,20-/m0/s1. The molecular formula is C21H18ClF7N4O4. The second-order valence-electron chi connectivity index (χ2n) is 8.00. The predicted octanol–water partition coefficient (Wildman–Crippen LogP) is 4.18. The van der Waals surface area contributed by atoms with Gasteiger partial charge in [-0.1, -0.05) is 11.6 Å². The van der Waals surface area contributed by atoms with Gasteiger partial charge in [0.25, 0.3) is 17.4 Å². The van der Waals surface area contributed by atoms with Crippen LogP contribution in [0.25, 0.3) is 0 Å². The Balaban J connectivity index is 2.04. The van der Waals surface area contributed by atoms with Crippen molar-refractivity contribution in [2.24, 2.45) is 0 Å². The van der Waals surface area contributed by atoms with E-state index >= 15 is 4.39 Å². The molecule has 1 aliphatic rings. The number of halogens is 8. The van der Waals surface area contributed by atoms with E-state index in [2.05, 4.69) is 24.8 Å². The number of carbonyl (C=O) groups is 2. The van der Waals surface area contributed by atoms with E-state index in [1.807, 2.05) is 0 Å². The number of rotatable bonds is 9. The zero-order valence-corrected chi connectivity index (χ0v) is 19.4. The number of benzene rings is 1. The Labute approximate surface area is 209 Å². The molecule has 0 spiro atoms. The molecule has 1 aliphatic carbocycles. The summed E-state index contributed by atoms with van der Waals surface area (Å²) in [7, 11) is 0. The van der Waals surface area contributed by atoms with Crippen LogP contribution in [0.4, 0.5) is 36.4 Å². The third-order valence-electron chi connectivity index (χ3n) is 5.54. The maximum absolute atomic E-state index is 15.1. The first-order valence-electron chi connectivity index (χ1n) is 10.4. The Morgan fingerprint density at radius 1 is 1.16 bits per heavy atom. The van der Waals surface area contributed by atoms with Crippen LogP contribution in [-0.4, -0.2) is 52.5 Å². The van der Waals surface area contributed by atoms with Gasteiger partial charge in [0.05, 0.1) is 11.8 Å². The molecule has 0 saturated heterocycles. The average molecular weight is 559 g/mol. The zero-order valence-electron chi connectivity index (χ0n) is 18.7. The van der Waals surface area contributed by atoms with Crippen LogP contribution in [-0.2, 0) is 19.9 Å². The van der Waals surface area contributed by atoms with E-state index in [9.17, 15) is 35.9 Å². The number of aromatic nitrogens is 2.